The van der Waals surface area contributed by atoms with Gasteiger partial charge in [-0.15, -0.1) is 6.58 Å². The van der Waals surface area contributed by atoms with Crippen LogP contribution in [0.2, 0.25) is 0 Å². The largest absolute Gasteiger partial charge is 0.490 e. The summed E-state index contributed by atoms with van der Waals surface area (Å²) in [5.74, 6) is 0.644. The predicted molar refractivity (Wildman–Crippen MR) is 148 cm³/mol. The van der Waals surface area contributed by atoms with Gasteiger partial charge >= 0.3 is 5.91 Å². The predicted octanol–water partition coefficient (Wildman–Crippen LogP) is 6.57. The standard InChI is InChI=1S/C28H24BrN3O6/c1-3-6-20-11-19(16-30-31-28(33)26-15-21-14-22(29)9-10-24(21)38-26)13-25(36-4-2)27(20)37-17-18-7-5-8-23(12-18)32(34)35/h3,5,7-16H,1,4,6,17H2,2H3,(H,31,33)/b30-16+. The molecule has 1 amide bonds. The van der Waals surface area contributed by atoms with E-state index in [1.54, 1.807) is 36.4 Å². The SMILES string of the molecule is C=CCc1cc(/C=N/NC(=O)c2cc3cc(Br)ccc3o2)cc(OCC)c1OCc1cccc([N+](=O)[O-])c1. The van der Waals surface area contributed by atoms with Gasteiger partial charge in [-0.3, -0.25) is 14.9 Å². The number of fused-ring (bicyclic) bond motifs is 1. The highest BCUT2D eigenvalue weighted by molar-refractivity contribution is 9.10. The first-order chi connectivity index (χ1) is 18.4. The van der Waals surface area contributed by atoms with E-state index < -0.39 is 10.8 Å². The summed E-state index contributed by atoms with van der Waals surface area (Å²) in [6.45, 7) is 6.17. The summed E-state index contributed by atoms with van der Waals surface area (Å²) in [7, 11) is 0. The Hall–Kier alpha value is -4.44. The van der Waals surface area contributed by atoms with Crippen LogP contribution in [0.15, 0.2) is 87.3 Å². The summed E-state index contributed by atoms with van der Waals surface area (Å²) in [4.78, 5) is 23.2. The molecule has 4 rings (SSSR count). The molecule has 38 heavy (non-hydrogen) atoms. The van der Waals surface area contributed by atoms with E-state index in [1.807, 2.05) is 25.1 Å². The molecule has 0 aliphatic carbocycles. The Kier molecular flexibility index (Phi) is 8.55. The number of nitrogens with one attached hydrogen (secondary N) is 1. The third-order valence-corrected chi connectivity index (χ3v) is 5.90. The third kappa shape index (κ3) is 6.46. The van der Waals surface area contributed by atoms with Crippen molar-refractivity contribution in [2.75, 3.05) is 6.61 Å². The number of carbonyl (C=O) groups is 1. The van der Waals surface area contributed by atoms with Crippen molar-refractivity contribution < 1.29 is 23.6 Å². The number of nitrogens with zero attached hydrogens (tertiary/aromatic N) is 2. The van der Waals surface area contributed by atoms with Gasteiger partial charge < -0.3 is 13.9 Å². The molecule has 0 unspecified atom stereocenters. The van der Waals surface area contributed by atoms with Gasteiger partial charge in [0.2, 0.25) is 0 Å². The highest BCUT2D eigenvalue weighted by Gasteiger charge is 2.15. The number of ether oxygens (including phenoxy) is 2. The number of rotatable bonds is 11. The van der Waals surface area contributed by atoms with Gasteiger partial charge in [0.25, 0.3) is 5.69 Å². The Labute approximate surface area is 227 Å². The lowest BCUT2D eigenvalue weighted by Gasteiger charge is -2.16. The van der Waals surface area contributed by atoms with Crippen molar-refractivity contribution >= 4 is 44.7 Å². The summed E-state index contributed by atoms with van der Waals surface area (Å²) < 4.78 is 18.4. The number of amides is 1. The van der Waals surface area contributed by atoms with Crippen LogP contribution in [-0.4, -0.2) is 23.7 Å². The summed E-state index contributed by atoms with van der Waals surface area (Å²) in [5.41, 5.74) is 5.17. The van der Waals surface area contributed by atoms with Gasteiger partial charge in [-0.2, -0.15) is 5.10 Å². The molecular formula is C28H24BrN3O6. The van der Waals surface area contributed by atoms with Crippen molar-refractivity contribution in [1.82, 2.24) is 5.43 Å². The lowest BCUT2D eigenvalue weighted by atomic mass is 10.1. The molecule has 0 saturated carbocycles. The molecule has 0 fully saturated rings. The fourth-order valence-corrected chi connectivity index (χ4v) is 4.13. The molecule has 9 nitrogen and oxygen atoms in total. The van der Waals surface area contributed by atoms with Crippen molar-refractivity contribution in [3.05, 3.63) is 110 Å². The van der Waals surface area contributed by atoms with Gasteiger partial charge in [-0.05, 0) is 60.9 Å². The summed E-state index contributed by atoms with van der Waals surface area (Å²) in [6, 6.07) is 17.0. The van der Waals surface area contributed by atoms with E-state index in [0.29, 0.717) is 41.2 Å². The normalized spacial score (nSPS) is 11.0. The van der Waals surface area contributed by atoms with E-state index in [4.69, 9.17) is 13.9 Å². The average Bonchev–Trinajstić information content (AvgIpc) is 3.32. The molecule has 0 saturated heterocycles. The fraction of sp³-hybridized carbons (Fsp3) is 0.143. The maximum atomic E-state index is 12.5. The van der Waals surface area contributed by atoms with E-state index in [9.17, 15) is 14.9 Å². The number of carbonyl (C=O) groups excluding carboxylic acids is 1. The number of hydrogen-bond donors (Lipinski definition) is 1. The first kappa shape index (κ1) is 26.6. The van der Waals surface area contributed by atoms with E-state index in [1.165, 1.54) is 18.3 Å². The molecule has 0 radical (unpaired) electrons. The highest BCUT2D eigenvalue weighted by Crippen LogP contribution is 2.34. The first-order valence-corrected chi connectivity index (χ1v) is 12.5. The lowest BCUT2D eigenvalue weighted by Crippen LogP contribution is -2.16. The zero-order valence-electron chi connectivity index (χ0n) is 20.5. The van der Waals surface area contributed by atoms with Gasteiger partial charge in [0.15, 0.2) is 17.3 Å². The Balaban J connectivity index is 1.53. The quantitative estimate of drug-likeness (QED) is 0.0931. The molecule has 194 valence electrons. The molecule has 0 atom stereocenters. The number of furan rings is 1. The first-order valence-electron chi connectivity index (χ1n) is 11.7. The second-order valence-corrected chi connectivity index (χ2v) is 9.06. The summed E-state index contributed by atoms with van der Waals surface area (Å²) in [6.07, 6.45) is 3.71. The molecule has 1 N–H and O–H groups in total. The molecule has 0 aliphatic heterocycles. The minimum absolute atomic E-state index is 0.00780. The van der Waals surface area contributed by atoms with Crippen LogP contribution in [0, 0.1) is 10.1 Å². The van der Waals surface area contributed by atoms with Gasteiger partial charge in [-0.1, -0.05) is 34.1 Å². The number of hydrazone groups is 1. The topological polar surface area (TPSA) is 116 Å². The highest BCUT2D eigenvalue weighted by atomic mass is 79.9. The second-order valence-electron chi connectivity index (χ2n) is 8.14. The molecule has 4 aromatic rings. The van der Waals surface area contributed by atoms with Crippen molar-refractivity contribution in [3.8, 4) is 11.5 Å². The summed E-state index contributed by atoms with van der Waals surface area (Å²) >= 11 is 3.40. The van der Waals surface area contributed by atoms with Crippen LogP contribution in [0.25, 0.3) is 11.0 Å². The van der Waals surface area contributed by atoms with Crippen LogP contribution in [0.1, 0.15) is 34.2 Å². The van der Waals surface area contributed by atoms with Crippen LogP contribution >= 0.6 is 15.9 Å². The second kappa shape index (κ2) is 12.2. The van der Waals surface area contributed by atoms with Crippen LogP contribution in [0.4, 0.5) is 5.69 Å². The number of hydrogen-bond acceptors (Lipinski definition) is 7. The molecule has 0 bridgehead atoms. The van der Waals surface area contributed by atoms with Gasteiger partial charge in [-0.25, -0.2) is 5.43 Å². The molecule has 0 spiro atoms. The molecule has 3 aromatic carbocycles. The fourth-order valence-electron chi connectivity index (χ4n) is 3.75. The molecular weight excluding hydrogens is 554 g/mol. The van der Waals surface area contributed by atoms with Crippen LogP contribution < -0.4 is 14.9 Å². The zero-order valence-corrected chi connectivity index (χ0v) is 22.1. The van der Waals surface area contributed by atoms with E-state index in [-0.39, 0.29) is 18.1 Å². The van der Waals surface area contributed by atoms with E-state index >= 15 is 0 Å². The van der Waals surface area contributed by atoms with Crippen LogP contribution in [0.3, 0.4) is 0 Å². The van der Waals surface area contributed by atoms with Crippen LogP contribution in [0.5, 0.6) is 11.5 Å². The number of allylic oxidation sites excluding steroid dienone is 1. The Morgan fingerprint density at radius 1 is 1.18 bits per heavy atom. The minimum Gasteiger partial charge on any atom is -0.490 e. The number of non-ortho nitro benzene ring substituents is 1. The molecule has 0 aliphatic rings. The Bertz CT molecular complexity index is 1530. The van der Waals surface area contributed by atoms with Crippen molar-refractivity contribution in [2.24, 2.45) is 5.10 Å². The lowest BCUT2D eigenvalue weighted by molar-refractivity contribution is -0.384. The maximum absolute atomic E-state index is 12.5. The maximum Gasteiger partial charge on any atom is 0.307 e. The van der Waals surface area contributed by atoms with Crippen molar-refractivity contribution in [2.45, 2.75) is 20.0 Å². The van der Waals surface area contributed by atoms with Gasteiger partial charge in [0, 0.05) is 27.6 Å². The Morgan fingerprint density at radius 3 is 2.79 bits per heavy atom. The smallest absolute Gasteiger partial charge is 0.307 e. The number of nitro groups is 1. The van der Waals surface area contributed by atoms with Gasteiger partial charge in [0.1, 0.15) is 12.2 Å². The number of halogens is 1. The van der Waals surface area contributed by atoms with Crippen molar-refractivity contribution in [3.63, 3.8) is 0 Å². The van der Waals surface area contributed by atoms with Gasteiger partial charge in [0.05, 0.1) is 17.7 Å². The van der Waals surface area contributed by atoms with Crippen LogP contribution in [-0.2, 0) is 13.0 Å². The minimum atomic E-state index is -0.484. The zero-order chi connectivity index (χ0) is 27.1. The van der Waals surface area contributed by atoms with E-state index in [2.05, 4.69) is 33.0 Å². The monoisotopic (exact) mass is 577 g/mol. The molecule has 10 heteroatoms. The number of nitro benzene ring substituents is 1. The molecule has 1 heterocycles. The Morgan fingerprint density at radius 2 is 2.03 bits per heavy atom. The average molecular weight is 578 g/mol. The van der Waals surface area contributed by atoms with E-state index in [0.717, 1.165) is 15.4 Å². The summed E-state index contributed by atoms with van der Waals surface area (Å²) in [5, 5.41) is 16.0. The molecule has 1 aromatic heterocycles. The van der Waals surface area contributed by atoms with Crippen molar-refractivity contribution in [1.29, 1.82) is 0 Å². The number of benzene rings is 3. The third-order valence-electron chi connectivity index (χ3n) is 5.40.